The summed E-state index contributed by atoms with van der Waals surface area (Å²) in [7, 11) is 0. The number of carbonyl (C=O) groups excluding carboxylic acids is 1. The molecule has 1 amide bonds. The van der Waals surface area contributed by atoms with Gasteiger partial charge in [0, 0.05) is 17.8 Å². The number of aryl methyl sites for hydroxylation is 1. The molecule has 1 aromatic rings. The molecule has 0 bridgehead atoms. The van der Waals surface area contributed by atoms with Crippen LogP contribution in [0.15, 0.2) is 18.2 Å². The molecule has 0 aliphatic carbocycles. The molecule has 0 aliphatic rings. The fourth-order valence-corrected chi connectivity index (χ4v) is 1.44. The monoisotopic (exact) mass is 220 g/mol. The first-order chi connectivity index (χ1) is 7.52. The molecule has 1 atom stereocenters. The second-order valence-electron chi connectivity index (χ2n) is 4.34. The second-order valence-corrected chi connectivity index (χ2v) is 4.34. The van der Waals surface area contributed by atoms with Gasteiger partial charge in [-0.3, -0.25) is 4.79 Å². The third-order valence-electron chi connectivity index (χ3n) is 2.77. The van der Waals surface area contributed by atoms with Crippen molar-refractivity contribution in [3.63, 3.8) is 0 Å². The predicted octanol–water partition coefficient (Wildman–Crippen LogP) is 2.95. The molecule has 0 fully saturated rings. The maximum Gasteiger partial charge on any atom is 0.224 e. The van der Waals surface area contributed by atoms with Crippen LogP contribution in [-0.2, 0) is 4.79 Å². The third-order valence-corrected chi connectivity index (χ3v) is 2.77. The number of nitrogens with two attached hydrogens (primary N) is 1. The van der Waals surface area contributed by atoms with Crippen LogP contribution in [0.25, 0.3) is 0 Å². The van der Waals surface area contributed by atoms with Gasteiger partial charge in [-0.25, -0.2) is 0 Å². The Kier molecular flexibility index (Phi) is 4.35. The molecular weight excluding hydrogens is 200 g/mol. The van der Waals surface area contributed by atoms with E-state index < -0.39 is 0 Å². The first-order valence-corrected chi connectivity index (χ1v) is 5.69. The van der Waals surface area contributed by atoms with Crippen molar-refractivity contribution in [1.29, 1.82) is 0 Å². The Morgan fingerprint density at radius 3 is 2.81 bits per heavy atom. The van der Waals surface area contributed by atoms with Gasteiger partial charge in [0.05, 0.1) is 0 Å². The lowest BCUT2D eigenvalue weighted by Crippen LogP contribution is -2.15. The highest BCUT2D eigenvalue weighted by Gasteiger charge is 2.08. The first-order valence-electron chi connectivity index (χ1n) is 5.69. The summed E-state index contributed by atoms with van der Waals surface area (Å²) in [5, 5.41) is 2.90. The molecule has 1 unspecified atom stereocenters. The van der Waals surface area contributed by atoms with Gasteiger partial charge in [-0.2, -0.15) is 0 Å². The van der Waals surface area contributed by atoms with E-state index in [9.17, 15) is 4.79 Å². The van der Waals surface area contributed by atoms with Gasteiger partial charge in [0.1, 0.15) is 0 Å². The fourth-order valence-electron chi connectivity index (χ4n) is 1.44. The fraction of sp³-hybridized carbons (Fsp3) is 0.462. The van der Waals surface area contributed by atoms with E-state index in [1.807, 2.05) is 19.1 Å². The summed E-state index contributed by atoms with van der Waals surface area (Å²) in [5.41, 5.74) is 8.20. The van der Waals surface area contributed by atoms with Crippen molar-refractivity contribution in [3.05, 3.63) is 23.8 Å². The van der Waals surface area contributed by atoms with E-state index in [1.165, 1.54) is 0 Å². The van der Waals surface area contributed by atoms with Crippen molar-refractivity contribution >= 4 is 17.3 Å². The molecule has 0 aromatic heterocycles. The van der Waals surface area contributed by atoms with Crippen LogP contribution in [0.1, 0.15) is 32.3 Å². The molecule has 3 N–H and O–H groups in total. The highest BCUT2D eigenvalue weighted by atomic mass is 16.1. The largest absolute Gasteiger partial charge is 0.399 e. The van der Waals surface area contributed by atoms with Gasteiger partial charge in [0.2, 0.25) is 5.91 Å². The Balaban J connectivity index is 2.65. The highest BCUT2D eigenvalue weighted by molar-refractivity contribution is 5.92. The van der Waals surface area contributed by atoms with Crippen molar-refractivity contribution in [1.82, 2.24) is 0 Å². The van der Waals surface area contributed by atoms with Crippen LogP contribution < -0.4 is 11.1 Å². The molecule has 0 heterocycles. The summed E-state index contributed by atoms with van der Waals surface area (Å²) in [4.78, 5) is 11.7. The Labute approximate surface area is 97.0 Å². The van der Waals surface area contributed by atoms with Gasteiger partial charge in [0.15, 0.2) is 0 Å². The second kappa shape index (κ2) is 5.54. The number of anilines is 2. The van der Waals surface area contributed by atoms with Crippen LogP contribution in [0.5, 0.6) is 0 Å². The van der Waals surface area contributed by atoms with E-state index in [0.717, 1.165) is 17.7 Å². The topological polar surface area (TPSA) is 55.1 Å². The molecule has 1 aromatic carbocycles. The lowest BCUT2D eigenvalue weighted by molar-refractivity contribution is -0.117. The van der Waals surface area contributed by atoms with Crippen molar-refractivity contribution in [2.24, 2.45) is 5.92 Å². The van der Waals surface area contributed by atoms with Crippen LogP contribution in [0.4, 0.5) is 11.4 Å². The number of rotatable bonds is 4. The lowest BCUT2D eigenvalue weighted by Gasteiger charge is -2.11. The molecule has 3 nitrogen and oxygen atoms in total. The van der Waals surface area contributed by atoms with E-state index in [0.29, 0.717) is 18.0 Å². The summed E-state index contributed by atoms with van der Waals surface area (Å²) >= 11 is 0. The van der Waals surface area contributed by atoms with Crippen LogP contribution in [0.3, 0.4) is 0 Å². The van der Waals surface area contributed by atoms with Gasteiger partial charge < -0.3 is 11.1 Å². The van der Waals surface area contributed by atoms with Crippen molar-refractivity contribution in [2.45, 2.75) is 33.6 Å². The summed E-state index contributed by atoms with van der Waals surface area (Å²) < 4.78 is 0. The summed E-state index contributed by atoms with van der Waals surface area (Å²) in [5.74, 6) is 0.476. The molecular formula is C13H20N2O. The highest BCUT2D eigenvalue weighted by Crippen LogP contribution is 2.19. The van der Waals surface area contributed by atoms with E-state index in [1.54, 1.807) is 6.07 Å². The zero-order valence-corrected chi connectivity index (χ0v) is 10.2. The Hall–Kier alpha value is -1.51. The molecule has 1 rings (SSSR count). The molecule has 0 saturated heterocycles. The molecule has 3 heteroatoms. The standard InChI is InChI=1S/C13H20N2O/c1-4-9(2)7-13(16)15-12-8-11(14)6-5-10(12)3/h5-6,8-9H,4,7,14H2,1-3H3,(H,15,16). The maximum atomic E-state index is 11.7. The first kappa shape index (κ1) is 12.6. The van der Waals surface area contributed by atoms with Gasteiger partial charge in [-0.05, 0) is 30.5 Å². The average molecular weight is 220 g/mol. The van der Waals surface area contributed by atoms with Gasteiger partial charge in [-0.15, -0.1) is 0 Å². The minimum Gasteiger partial charge on any atom is -0.399 e. The minimum absolute atomic E-state index is 0.0584. The zero-order valence-electron chi connectivity index (χ0n) is 10.2. The van der Waals surface area contributed by atoms with Gasteiger partial charge in [-0.1, -0.05) is 26.3 Å². The number of nitrogen functional groups attached to an aromatic ring is 1. The van der Waals surface area contributed by atoms with Crippen molar-refractivity contribution in [3.8, 4) is 0 Å². The van der Waals surface area contributed by atoms with E-state index in [2.05, 4.69) is 19.2 Å². The smallest absolute Gasteiger partial charge is 0.224 e. The van der Waals surface area contributed by atoms with E-state index in [4.69, 9.17) is 5.73 Å². The third kappa shape index (κ3) is 3.57. The average Bonchev–Trinajstić information content (AvgIpc) is 2.23. The number of hydrogen-bond donors (Lipinski definition) is 2. The van der Waals surface area contributed by atoms with Gasteiger partial charge >= 0.3 is 0 Å². The molecule has 88 valence electrons. The van der Waals surface area contributed by atoms with Crippen LogP contribution in [-0.4, -0.2) is 5.91 Å². The summed E-state index contributed by atoms with van der Waals surface area (Å²) in [6, 6.07) is 5.54. The normalized spacial score (nSPS) is 12.2. The van der Waals surface area contributed by atoms with Crippen LogP contribution >= 0.6 is 0 Å². The Morgan fingerprint density at radius 1 is 1.50 bits per heavy atom. The molecule has 0 radical (unpaired) electrons. The molecule has 0 saturated carbocycles. The SMILES string of the molecule is CCC(C)CC(=O)Nc1cc(N)ccc1C. The predicted molar refractivity (Wildman–Crippen MR) is 68.3 cm³/mol. The van der Waals surface area contributed by atoms with Crippen molar-refractivity contribution in [2.75, 3.05) is 11.1 Å². The van der Waals surface area contributed by atoms with Crippen LogP contribution in [0.2, 0.25) is 0 Å². The number of hydrogen-bond acceptors (Lipinski definition) is 2. The van der Waals surface area contributed by atoms with E-state index in [-0.39, 0.29) is 5.91 Å². The molecule has 16 heavy (non-hydrogen) atoms. The molecule has 0 aliphatic heterocycles. The van der Waals surface area contributed by atoms with E-state index >= 15 is 0 Å². The quantitative estimate of drug-likeness (QED) is 0.766. The number of nitrogens with one attached hydrogen (secondary N) is 1. The Bertz CT molecular complexity index is 374. The van der Waals surface area contributed by atoms with Crippen LogP contribution in [0, 0.1) is 12.8 Å². The number of amides is 1. The summed E-state index contributed by atoms with van der Waals surface area (Å²) in [6.45, 7) is 6.12. The lowest BCUT2D eigenvalue weighted by atomic mass is 10.0. The number of carbonyl (C=O) groups is 1. The summed E-state index contributed by atoms with van der Waals surface area (Å²) in [6.07, 6.45) is 1.58. The maximum absolute atomic E-state index is 11.7. The minimum atomic E-state index is 0.0584. The number of benzene rings is 1. The van der Waals surface area contributed by atoms with Crippen molar-refractivity contribution < 1.29 is 4.79 Å². The Morgan fingerprint density at radius 2 is 2.19 bits per heavy atom. The zero-order chi connectivity index (χ0) is 12.1. The van der Waals surface area contributed by atoms with Gasteiger partial charge in [0.25, 0.3) is 0 Å². The molecule has 0 spiro atoms.